The van der Waals surface area contributed by atoms with Crippen LogP contribution in [0.25, 0.3) is 0 Å². The molecule has 15 heteroatoms. The van der Waals surface area contributed by atoms with E-state index in [9.17, 15) is 33.9 Å². The minimum Gasteiger partial charge on any atom is -0.480 e. The van der Waals surface area contributed by atoms with Gasteiger partial charge in [0.05, 0.1) is 46.9 Å². The summed E-state index contributed by atoms with van der Waals surface area (Å²) >= 11 is 0. The first-order valence-corrected chi connectivity index (χ1v) is 17.0. The summed E-state index contributed by atoms with van der Waals surface area (Å²) in [4.78, 5) is 75.9. The summed E-state index contributed by atoms with van der Waals surface area (Å²) in [7, 11) is 5.67. The molecule has 15 nitrogen and oxygen atoms in total. The molecule has 294 valence electrons. The minimum atomic E-state index is -1.14. The molecule has 0 bridgehead atoms. The maximum absolute atomic E-state index is 12.8. The number of carboxylic acids is 2. The van der Waals surface area contributed by atoms with Gasteiger partial charge in [0.15, 0.2) is 0 Å². The second kappa shape index (κ2) is 29.8. The van der Waals surface area contributed by atoms with Gasteiger partial charge in [0.1, 0.15) is 6.29 Å². The van der Waals surface area contributed by atoms with Crippen LogP contribution in [0.2, 0.25) is 0 Å². The van der Waals surface area contributed by atoms with Crippen molar-refractivity contribution in [2.24, 2.45) is 11.3 Å². The lowest BCUT2D eigenvalue weighted by Gasteiger charge is -2.34. The van der Waals surface area contributed by atoms with Crippen LogP contribution in [0.4, 0.5) is 5.69 Å². The minimum absolute atomic E-state index is 0.0589. The van der Waals surface area contributed by atoms with Crippen LogP contribution >= 0.6 is 0 Å². The van der Waals surface area contributed by atoms with Crippen LogP contribution in [0.5, 0.6) is 0 Å². The highest BCUT2D eigenvalue weighted by molar-refractivity contribution is 5.95. The van der Waals surface area contributed by atoms with Crippen LogP contribution in [0.15, 0.2) is 24.3 Å². The molecule has 0 aromatic heterocycles. The number of carboxylic acid groups (broad SMARTS) is 2. The Balaban J connectivity index is -0.00000306. The number of hydrogen-bond acceptors (Lipinski definition) is 12. The van der Waals surface area contributed by atoms with Gasteiger partial charge in [-0.05, 0) is 30.0 Å². The summed E-state index contributed by atoms with van der Waals surface area (Å²) in [5.41, 5.74) is 0.775. The number of carbonyl (C=O) groups excluding carboxylic acids is 4. The number of nitrogens with one attached hydrogen (secondary N) is 1. The number of ether oxygens (including phenoxy) is 3. The molecule has 0 aliphatic carbocycles. The number of aldehydes is 1. The topological polar surface area (TPSA) is 192 Å². The second-order valence-electron chi connectivity index (χ2n) is 11.8. The first kappa shape index (κ1) is 51.4. The molecular formula is C36H64N4O11. The van der Waals surface area contributed by atoms with E-state index in [-0.39, 0.29) is 57.5 Å². The van der Waals surface area contributed by atoms with E-state index in [0.717, 1.165) is 5.56 Å². The highest BCUT2D eigenvalue weighted by Crippen LogP contribution is 2.28. The number of aliphatic carboxylic acids is 2. The Morgan fingerprint density at radius 1 is 0.784 bits per heavy atom. The summed E-state index contributed by atoms with van der Waals surface area (Å²) in [6.45, 7) is 14.4. The summed E-state index contributed by atoms with van der Waals surface area (Å²) in [5.74, 6) is -3.52. The van der Waals surface area contributed by atoms with Gasteiger partial charge in [-0.3, -0.25) is 38.7 Å². The van der Waals surface area contributed by atoms with E-state index in [2.05, 4.69) is 10.1 Å². The number of anilines is 1. The van der Waals surface area contributed by atoms with Crippen molar-refractivity contribution in [2.75, 3.05) is 86.1 Å². The van der Waals surface area contributed by atoms with Gasteiger partial charge in [0.2, 0.25) is 5.91 Å². The number of carbonyl (C=O) groups is 6. The average Bonchev–Trinajstić information content (AvgIpc) is 3.08. The van der Waals surface area contributed by atoms with Gasteiger partial charge < -0.3 is 34.5 Å². The van der Waals surface area contributed by atoms with Gasteiger partial charge in [0, 0.05) is 51.0 Å². The molecule has 0 aliphatic rings. The summed E-state index contributed by atoms with van der Waals surface area (Å²) < 4.78 is 13.9. The molecule has 0 fully saturated rings. The molecule has 0 aliphatic heterocycles. The Hall–Kier alpha value is -3.92. The van der Waals surface area contributed by atoms with Crippen molar-refractivity contribution in [3.8, 4) is 0 Å². The van der Waals surface area contributed by atoms with Crippen molar-refractivity contribution in [1.82, 2.24) is 14.7 Å². The zero-order chi connectivity index (χ0) is 40.2. The first-order valence-electron chi connectivity index (χ1n) is 17.0. The van der Waals surface area contributed by atoms with E-state index in [1.54, 1.807) is 43.4 Å². The van der Waals surface area contributed by atoms with Gasteiger partial charge in [-0.15, -0.1) is 0 Å². The van der Waals surface area contributed by atoms with E-state index >= 15 is 0 Å². The van der Waals surface area contributed by atoms with Crippen molar-refractivity contribution in [3.05, 3.63) is 29.8 Å². The third kappa shape index (κ3) is 23.2. The number of rotatable bonds is 21. The van der Waals surface area contributed by atoms with Gasteiger partial charge in [-0.25, -0.2) is 0 Å². The summed E-state index contributed by atoms with van der Waals surface area (Å²) in [6.07, 6.45) is 0.834. The molecule has 51 heavy (non-hydrogen) atoms. The zero-order valence-corrected chi connectivity index (χ0v) is 32.8. The first-order chi connectivity index (χ1) is 24.0. The lowest BCUT2D eigenvalue weighted by Crippen LogP contribution is -2.51. The summed E-state index contributed by atoms with van der Waals surface area (Å²) in [5, 5.41) is 21.7. The zero-order valence-electron chi connectivity index (χ0n) is 32.8. The molecule has 1 aromatic carbocycles. The Bertz CT molecular complexity index is 1130. The maximum atomic E-state index is 12.8. The highest BCUT2D eigenvalue weighted by Gasteiger charge is 2.31. The molecule has 1 amide bonds. The molecule has 3 N–H and O–H groups in total. The maximum Gasteiger partial charge on any atom is 0.319 e. The Labute approximate surface area is 304 Å². The molecule has 0 saturated carbocycles. The van der Waals surface area contributed by atoms with Crippen molar-refractivity contribution >= 4 is 41.8 Å². The number of esters is 2. The smallest absolute Gasteiger partial charge is 0.319 e. The standard InChI is InChI=1S/C30H46N4O10.C2H6O.2C2H6/c1-21(2)30(3,4)29(42)31-23-9-7-22(8-10-23)15-24(34(19-27(40)43-5)20-28(41)44-6)16-33(18-26(38)39)12-11-32(13-14-35)17-25(36)37;1-3-2;2*1-2/h7-10,14,21,24H,11-13,15-20H2,1-6H3,(H,31,42)(H,36,37)(H,38,39);1-2H3;2*1-2H3. The lowest BCUT2D eigenvalue weighted by atomic mass is 9.80. The third-order valence-electron chi connectivity index (χ3n) is 7.60. The van der Waals surface area contributed by atoms with Crippen LogP contribution in [0.3, 0.4) is 0 Å². The fraction of sp³-hybridized carbons (Fsp3) is 0.667. The van der Waals surface area contributed by atoms with Gasteiger partial charge in [-0.1, -0.05) is 67.5 Å². The van der Waals surface area contributed by atoms with E-state index in [1.165, 1.54) is 24.0 Å². The molecule has 1 rings (SSSR count). The fourth-order valence-electron chi connectivity index (χ4n) is 4.17. The molecule has 1 atom stereocenters. The van der Waals surface area contributed by atoms with Crippen molar-refractivity contribution < 1.29 is 53.2 Å². The number of amides is 1. The quantitative estimate of drug-likeness (QED) is 0.124. The van der Waals surface area contributed by atoms with Gasteiger partial charge >= 0.3 is 23.9 Å². The van der Waals surface area contributed by atoms with E-state index in [0.29, 0.717) is 12.0 Å². The summed E-state index contributed by atoms with van der Waals surface area (Å²) in [6, 6.07) is 6.46. The highest BCUT2D eigenvalue weighted by atomic mass is 16.5. The molecule has 1 unspecified atom stereocenters. The number of nitrogens with zero attached hydrogens (tertiary/aromatic N) is 3. The van der Waals surface area contributed by atoms with Crippen LogP contribution in [0, 0.1) is 11.3 Å². The number of benzene rings is 1. The van der Waals surface area contributed by atoms with E-state index in [1.807, 2.05) is 55.4 Å². The molecule has 0 spiro atoms. The van der Waals surface area contributed by atoms with Crippen LogP contribution in [-0.4, -0.2) is 148 Å². The Morgan fingerprint density at radius 2 is 1.22 bits per heavy atom. The lowest BCUT2D eigenvalue weighted by molar-refractivity contribution is -0.147. The molecule has 0 radical (unpaired) electrons. The number of hydrogen-bond donors (Lipinski definition) is 3. The average molecular weight is 729 g/mol. The monoisotopic (exact) mass is 728 g/mol. The van der Waals surface area contributed by atoms with Crippen LogP contribution < -0.4 is 5.32 Å². The largest absolute Gasteiger partial charge is 0.480 e. The van der Waals surface area contributed by atoms with Crippen LogP contribution in [-0.2, 0) is 49.4 Å². The Kier molecular flexibility index (Phi) is 30.0. The van der Waals surface area contributed by atoms with Crippen molar-refractivity contribution in [1.29, 1.82) is 0 Å². The van der Waals surface area contributed by atoms with Crippen LogP contribution in [0.1, 0.15) is 61.0 Å². The van der Waals surface area contributed by atoms with Gasteiger partial charge in [-0.2, -0.15) is 0 Å². The fourth-order valence-corrected chi connectivity index (χ4v) is 4.17. The molecule has 0 saturated heterocycles. The molecule has 0 heterocycles. The molecular weight excluding hydrogens is 664 g/mol. The normalized spacial score (nSPS) is 11.2. The SMILES string of the molecule is CC.CC.COC.COC(=O)CN(CC(=O)OC)C(Cc1ccc(NC(=O)C(C)(C)C(C)C)cc1)CN(CCN(CC=O)CC(=O)O)CC(=O)O. The predicted molar refractivity (Wildman–Crippen MR) is 197 cm³/mol. The van der Waals surface area contributed by atoms with E-state index < -0.39 is 48.4 Å². The van der Waals surface area contributed by atoms with Gasteiger partial charge in [0.25, 0.3) is 0 Å². The molecule has 1 aromatic rings. The van der Waals surface area contributed by atoms with E-state index in [4.69, 9.17) is 14.6 Å². The van der Waals surface area contributed by atoms with Crippen molar-refractivity contribution in [3.63, 3.8) is 0 Å². The second-order valence-corrected chi connectivity index (χ2v) is 11.8. The van der Waals surface area contributed by atoms with Crippen molar-refractivity contribution in [2.45, 2.75) is 67.9 Å². The number of methoxy groups -OCH3 is 3. The Morgan fingerprint density at radius 3 is 1.61 bits per heavy atom. The predicted octanol–water partition coefficient (Wildman–Crippen LogP) is 3.15. The third-order valence-corrected chi connectivity index (χ3v) is 7.60.